The molecule has 1 aliphatic rings. The molecule has 1 unspecified atom stereocenters. The molecule has 1 heterocycles. The predicted molar refractivity (Wildman–Crippen MR) is 107 cm³/mol. The summed E-state index contributed by atoms with van der Waals surface area (Å²) in [5, 5.41) is 26.1. The minimum absolute atomic E-state index is 0.108. The fourth-order valence-corrected chi connectivity index (χ4v) is 3.09. The van der Waals surface area contributed by atoms with Gasteiger partial charge in [-0.3, -0.25) is 4.79 Å². The number of amides is 2. The SMILES string of the molecule is CC(C)CC(NC(=O)OCc1ccccc1)C(=O)N1CCC[C@H]1C(=O)O.OBO. The van der Waals surface area contributed by atoms with Crippen LogP contribution in [0.5, 0.6) is 0 Å². The number of carbonyl (C=O) groups excluding carboxylic acids is 2. The van der Waals surface area contributed by atoms with E-state index in [9.17, 15) is 19.5 Å². The van der Waals surface area contributed by atoms with E-state index in [4.69, 9.17) is 14.8 Å². The zero-order chi connectivity index (χ0) is 21.8. The largest absolute Gasteiger partial charge is 0.480 e. The van der Waals surface area contributed by atoms with E-state index in [1.165, 1.54) is 4.90 Å². The van der Waals surface area contributed by atoms with Crippen LogP contribution >= 0.6 is 0 Å². The average molecular weight is 408 g/mol. The molecule has 1 aromatic carbocycles. The number of carboxylic acid groups (broad SMARTS) is 1. The second-order valence-electron chi connectivity index (χ2n) is 7.06. The van der Waals surface area contributed by atoms with Gasteiger partial charge in [-0.25, -0.2) is 9.59 Å². The number of alkyl carbamates (subject to hydrolysis) is 1. The topological polar surface area (TPSA) is 136 Å². The highest BCUT2D eigenvalue weighted by atomic mass is 16.5. The summed E-state index contributed by atoms with van der Waals surface area (Å²) in [7, 11) is -0.750. The molecule has 0 saturated carbocycles. The first-order chi connectivity index (χ1) is 13.8. The van der Waals surface area contributed by atoms with Crippen LogP contribution in [0.3, 0.4) is 0 Å². The highest BCUT2D eigenvalue weighted by Gasteiger charge is 2.37. The van der Waals surface area contributed by atoms with Gasteiger partial charge in [0.15, 0.2) is 0 Å². The maximum Gasteiger partial charge on any atom is 0.432 e. The summed E-state index contributed by atoms with van der Waals surface area (Å²) in [6.45, 7) is 4.38. The molecule has 0 bridgehead atoms. The smallest absolute Gasteiger partial charge is 0.432 e. The molecule has 1 aromatic rings. The van der Waals surface area contributed by atoms with Crippen molar-refractivity contribution >= 4 is 25.7 Å². The third-order valence-electron chi connectivity index (χ3n) is 4.33. The molecule has 1 fully saturated rings. The molecule has 2 rings (SSSR count). The van der Waals surface area contributed by atoms with Crippen molar-refractivity contribution in [3.63, 3.8) is 0 Å². The highest BCUT2D eigenvalue weighted by molar-refractivity contribution is 6.13. The van der Waals surface area contributed by atoms with E-state index in [1.807, 2.05) is 44.2 Å². The summed E-state index contributed by atoms with van der Waals surface area (Å²) in [4.78, 5) is 37.6. The van der Waals surface area contributed by atoms with E-state index >= 15 is 0 Å². The predicted octanol–water partition coefficient (Wildman–Crippen LogP) is 0.641. The molecule has 9 nitrogen and oxygen atoms in total. The first-order valence-corrected chi connectivity index (χ1v) is 9.52. The molecular formula is C19H29BN2O7. The maximum absolute atomic E-state index is 12.8. The van der Waals surface area contributed by atoms with E-state index in [2.05, 4.69) is 5.32 Å². The van der Waals surface area contributed by atoms with Gasteiger partial charge in [0.05, 0.1) is 0 Å². The van der Waals surface area contributed by atoms with Gasteiger partial charge in [0, 0.05) is 6.54 Å². The highest BCUT2D eigenvalue weighted by Crippen LogP contribution is 2.20. The Labute approximate surface area is 171 Å². The number of hydrogen-bond donors (Lipinski definition) is 4. The number of hydrogen-bond acceptors (Lipinski definition) is 6. The molecule has 0 aliphatic carbocycles. The molecule has 0 spiro atoms. The van der Waals surface area contributed by atoms with Crippen molar-refractivity contribution in [1.82, 2.24) is 10.2 Å². The van der Waals surface area contributed by atoms with E-state index in [0.29, 0.717) is 25.8 Å². The van der Waals surface area contributed by atoms with Crippen LogP contribution in [0.25, 0.3) is 0 Å². The first kappa shape index (κ1) is 24.5. The number of rotatable bonds is 7. The molecule has 2 amide bonds. The van der Waals surface area contributed by atoms with Gasteiger partial charge in [-0.2, -0.15) is 0 Å². The van der Waals surface area contributed by atoms with Crippen molar-refractivity contribution in [3.05, 3.63) is 35.9 Å². The van der Waals surface area contributed by atoms with Crippen LogP contribution in [-0.2, 0) is 20.9 Å². The van der Waals surface area contributed by atoms with Crippen molar-refractivity contribution in [2.75, 3.05) is 6.54 Å². The Morgan fingerprint density at radius 2 is 1.86 bits per heavy atom. The van der Waals surface area contributed by atoms with Crippen LogP contribution < -0.4 is 5.32 Å². The number of carbonyl (C=O) groups is 3. The Balaban J connectivity index is 0.00000132. The Hall–Kier alpha value is -2.59. The summed E-state index contributed by atoms with van der Waals surface area (Å²) < 4.78 is 5.19. The molecule has 1 saturated heterocycles. The average Bonchev–Trinajstić information content (AvgIpc) is 3.16. The van der Waals surface area contributed by atoms with Crippen molar-refractivity contribution in [2.24, 2.45) is 5.92 Å². The van der Waals surface area contributed by atoms with Gasteiger partial charge in [0.2, 0.25) is 5.91 Å². The van der Waals surface area contributed by atoms with Crippen LogP contribution in [0.2, 0.25) is 0 Å². The van der Waals surface area contributed by atoms with Crippen LogP contribution in [0.4, 0.5) is 4.79 Å². The summed E-state index contributed by atoms with van der Waals surface area (Å²) in [5.41, 5.74) is 0.847. The number of nitrogens with zero attached hydrogens (tertiary/aromatic N) is 1. The standard InChI is InChI=1S/C19H26N2O5.BH3O2/c1-13(2)11-15(17(22)21-10-6-9-16(21)18(23)24)20-19(25)26-12-14-7-4-3-5-8-14;2-1-3/h3-5,7-8,13,15-16H,6,9-12H2,1-2H3,(H,20,25)(H,23,24);1-3H/t15?,16-;/m0./s1. The second kappa shape index (κ2) is 12.8. The van der Waals surface area contributed by atoms with Crippen molar-refractivity contribution in [1.29, 1.82) is 0 Å². The van der Waals surface area contributed by atoms with Crippen LogP contribution in [0.15, 0.2) is 30.3 Å². The first-order valence-electron chi connectivity index (χ1n) is 9.52. The van der Waals surface area contributed by atoms with Crippen LogP contribution in [0.1, 0.15) is 38.7 Å². The molecule has 0 aromatic heterocycles. The van der Waals surface area contributed by atoms with Gasteiger partial charge >= 0.3 is 19.7 Å². The van der Waals surface area contributed by atoms with E-state index < -0.39 is 31.8 Å². The zero-order valence-electron chi connectivity index (χ0n) is 16.8. The fraction of sp³-hybridized carbons (Fsp3) is 0.526. The monoisotopic (exact) mass is 408 g/mol. The number of aliphatic carboxylic acids is 1. The molecule has 0 radical (unpaired) electrons. The fourth-order valence-electron chi connectivity index (χ4n) is 3.09. The molecule has 29 heavy (non-hydrogen) atoms. The Morgan fingerprint density at radius 3 is 2.41 bits per heavy atom. The lowest BCUT2D eigenvalue weighted by molar-refractivity contribution is -0.149. The molecule has 10 heteroatoms. The maximum atomic E-state index is 12.8. The number of likely N-dealkylation sites (tertiary alicyclic amines) is 1. The second-order valence-corrected chi connectivity index (χ2v) is 7.06. The molecule has 4 N–H and O–H groups in total. The van der Waals surface area contributed by atoms with E-state index in [1.54, 1.807) is 0 Å². The third-order valence-corrected chi connectivity index (χ3v) is 4.33. The van der Waals surface area contributed by atoms with Crippen LogP contribution in [-0.4, -0.2) is 64.3 Å². The van der Waals surface area contributed by atoms with Crippen molar-refractivity contribution in [3.8, 4) is 0 Å². The molecule has 1 aliphatic heterocycles. The van der Waals surface area contributed by atoms with E-state index in [0.717, 1.165) is 5.56 Å². The Kier molecular flexibility index (Phi) is 10.8. The molecule has 2 atom stereocenters. The zero-order valence-corrected chi connectivity index (χ0v) is 16.8. The normalized spacial score (nSPS) is 16.4. The van der Waals surface area contributed by atoms with E-state index in [-0.39, 0.29) is 18.4 Å². The number of ether oxygens (including phenoxy) is 1. The summed E-state index contributed by atoms with van der Waals surface area (Å²) in [6, 6.07) is 7.63. The van der Waals surface area contributed by atoms with Crippen molar-refractivity contribution < 1.29 is 34.3 Å². The molecule has 160 valence electrons. The lowest BCUT2D eigenvalue weighted by Gasteiger charge is -2.28. The summed E-state index contributed by atoms with van der Waals surface area (Å²) in [6.07, 6.45) is 0.824. The number of carboxylic acids is 1. The lowest BCUT2D eigenvalue weighted by atomic mass is 10.0. The van der Waals surface area contributed by atoms with Gasteiger partial charge < -0.3 is 30.1 Å². The summed E-state index contributed by atoms with van der Waals surface area (Å²) in [5.74, 6) is -1.21. The van der Waals surface area contributed by atoms with Gasteiger partial charge in [-0.1, -0.05) is 44.2 Å². The van der Waals surface area contributed by atoms with Gasteiger partial charge in [0.1, 0.15) is 18.7 Å². The van der Waals surface area contributed by atoms with Gasteiger partial charge in [-0.15, -0.1) is 0 Å². The van der Waals surface area contributed by atoms with Gasteiger partial charge in [0.25, 0.3) is 0 Å². The Morgan fingerprint density at radius 1 is 1.24 bits per heavy atom. The molecular weight excluding hydrogens is 379 g/mol. The third kappa shape index (κ3) is 8.53. The Bertz CT molecular complexity index is 657. The van der Waals surface area contributed by atoms with Crippen LogP contribution in [0, 0.1) is 5.92 Å². The minimum Gasteiger partial charge on any atom is -0.480 e. The number of nitrogens with one attached hydrogen (secondary N) is 1. The summed E-state index contributed by atoms with van der Waals surface area (Å²) >= 11 is 0. The lowest BCUT2D eigenvalue weighted by Crippen LogP contribution is -2.52. The van der Waals surface area contributed by atoms with Gasteiger partial charge in [-0.05, 0) is 30.7 Å². The minimum atomic E-state index is -1.01. The number of benzene rings is 1. The van der Waals surface area contributed by atoms with Crippen molar-refractivity contribution in [2.45, 2.75) is 51.8 Å². The quantitative estimate of drug-likeness (QED) is 0.486.